The molecule has 2 atom stereocenters. The molecule has 2 aliphatic heterocycles. The molecule has 1 aromatic rings. The average Bonchev–Trinajstić information content (AvgIpc) is 2.62. The highest BCUT2D eigenvalue weighted by Gasteiger charge is 2.48. The maximum absolute atomic E-state index is 13.0. The fourth-order valence-corrected chi connectivity index (χ4v) is 4.56. The van der Waals surface area contributed by atoms with Crippen molar-refractivity contribution in [2.45, 2.75) is 62.1 Å². The second kappa shape index (κ2) is 7.48. The van der Waals surface area contributed by atoms with E-state index in [1.807, 2.05) is 18.7 Å². The van der Waals surface area contributed by atoms with Crippen LogP contribution < -0.4 is 4.74 Å². The van der Waals surface area contributed by atoms with Gasteiger partial charge in [0.1, 0.15) is 17.5 Å². The van der Waals surface area contributed by atoms with Crippen LogP contribution >= 0.6 is 0 Å². The minimum atomic E-state index is -4.83. The zero-order valence-electron chi connectivity index (χ0n) is 16.8. The second-order valence-electron chi connectivity index (χ2n) is 8.25. The van der Waals surface area contributed by atoms with Crippen LogP contribution in [0, 0.1) is 0 Å². The predicted octanol–water partition coefficient (Wildman–Crippen LogP) is 1.81. The standard InChI is InChI=1S/C19H26F2N2O5S/c1-11(2)22-7-8-23(15(24)10-22)16-13-9-12(29(26,27)18(20)21)5-6-14(13)28-19(3,4)17(16)25/h5-6,9,11,16-18,25H,7-8,10H2,1-4H3. The van der Waals surface area contributed by atoms with Crippen molar-refractivity contribution in [1.82, 2.24) is 9.80 Å². The number of halogens is 2. The van der Waals surface area contributed by atoms with Gasteiger partial charge in [0.15, 0.2) is 0 Å². The van der Waals surface area contributed by atoms with E-state index in [1.54, 1.807) is 13.8 Å². The summed E-state index contributed by atoms with van der Waals surface area (Å²) in [7, 11) is -4.83. The molecule has 3 rings (SSSR count). The number of alkyl halides is 2. The summed E-state index contributed by atoms with van der Waals surface area (Å²) in [5, 5.41) is 11.0. The van der Waals surface area contributed by atoms with Crippen LogP contribution in [-0.4, -0.2) is 72.4 Å². The molecule has 1 amide bonds. The topological polar surface area (TPSA) is 87.2 Å². The smallest absolute Gasteiger partial charge is 0.341 e. The van der Waals surface area contributed by atoms with Crippen LogP contribution in [-0.2, 0) is 14.6 Å². The third-order valence-electron chi connectivity index (χ3n) is 5.60. The number of amides is 1. The molecule has 1 fully saturated rings. The van der Waals surface area contributed by atoms with Gasteiger partial charge in [0.25, 0.3) is 0 Å². The summed E-state index contributed by atoms with van der Waals surface area (Å²) in [4.78, 5) is 15.8. The minimum absolute atomic E-state index is 0.159. The number of aliphatic hydroxyl groups excluding tert-OH is 1. The third-order valence-corrected chi connectivity index (χ3v) is 6.98. The first kappa shape index (κ1) is 21.9. The van der Waals surface area contributed by atoms with E-state index in [0.717, 1.165) is 12.1 Å². The van der Waals surface area contributed by atoms with Crippen LogP contribution in [0.3, 0.4) is 0 Å². The Labute approximate surface area is 169 Å². The first-order valence-electron chi connectivity index (χ1n) is 9.43. The van der Waals surface area contributed by atoms with Gasteiger partial charge in [-0.1, -0.05) is 0 Å². The van der Waals surface area contributed by atoms with Gasteiger partial charge in [0.05, 0.1) is 17.5 Å². The number of benzene rings is 1. The number of hydrogen-bond donors (Lipinski definition) is 1. The molecule has 2 heterocycles. The van der Waals surface area contributed by atoms with Crippen molar-refractivity contribution in [2.75, 3.05) is 19.6 Å². The van der Waals surface area contributed by atoms with Crippen LogP contribution in [0.15, 0.2) is 23.1 Å². The number of rotatable bonds is 4. The molecule has 29 heavy (non-hydrogen) atoms. The van der Waals surface area contributed by atoms with Crippen molar-refractivity contribution < 1.29 is 31.8 Å². The van der Waals surface area contributed by atoms with Crippen molar-refractivity contribution in [2.24, 2.45) is 0 Å². The number of aliphatic hydroxyl groups is 1. The highest BCUT2D eigenvalue weighted by atomic mass is 32.2. The molecule has 1 saturated heterocycles. The van der Waals surface area contributed by atoms with Gasteiger partial charge in [-0.15, -0.1) is 0 Å². The van der Waals surface area contributed by atoms with Gasteiger partial charge >= 0.3 is 5.76 Å². The van der Waals surface area contributed by atoms with E-state index in [1.165, 1.54) is 11.0 Å². The van der Waals surface area contributed by atoms with Gasteiger partial charge in [-0.2, -0.15) is 8.78 Å². The lowest BCUT2D eigenvalue weighted by Crippen LogP contribution is -2.59. The number of carbonyl (C=O) groups excluding carboxylic acids is 1. The van der Waals surface area contributed by atoms with E-state index in [2.05, 4.69) is 0 Å². The maximum Gasteiger partial charge on any atom is 0.341 e. The Kier molecular flexibility index (Phi) is 5.65. The number of hydrogen-bond acceptors (Lipinski definition) is 6. The summed E-state index contributed by atoms with van der Waals surface area (Å²) in [6.45, 7) is 8.33. The maximum atomic E-state index is 13.0. The molecule has 0 aliphatic carbocycles. The third kappa shape index (κ3) is 3.85. The Hall–Kier alpha value is -1.78. The summed E-state index contributed by atoms with van der Waals surface area (Å²) in [5.74, 6) is -3.53. The van der Waals surface area contributed by atoms with Crippen LogP contribution in [0.2, 0.25) is 0 Å². The van der Waals surface area contributed by atoms with E-state index < -0.39 is 38.2 Å². The number of ether oxygens (including phenoxy) is 1. The lowest BCUT2D eigenvalue weighted by atomic mass is 9.85. The Bertz CT molecular complexity index is 904. The second-order valence-corrected chi connectivity index (χ2v) is 10.2. The Morgan fingerprint density at radius 3 is 2.45 bits per heavy atom. The summed E-state index contributed by atoms with van der Waals surface area (Å²) in [5.41, 5.74) is -0.846. The predicted molar refractivity (Wildman–Crippen MR) is 102 cm³/mol. The Morgan fingerprint density at radius 2 is 1.90 bits per heavy atom. The molecule has 0 saturated carbocycles. The van der Waals surface area contributed by atoms with Crippen molar-refractivity contribution in [3.05, 3.63) is 23.8 Å². The van der Waals surface area contributed by atoms with E-state index in [4.69, 9.17) is 4.74 Å². The van der Waals surface area contributed by atoms with E-state index in [-0.39, 0.29) is 29.8 Å². The largest absolute Gasteiger partial charge is 0.485 e. The summed E-state index contributed by atoms with van der Waals surface area (Å²) in [6, 6.07) is 2.72. The number of sulfone groups is 1. The van der Waals surface area contributed by atoms with Crippen LogP contribution in [0.4, 0.5) is 8.78 Å². The SMILES string of the molecule is CC(C)N1CCN(C2c3cc(S(=O)(=O)C(F)F)ccc3OC(C)(C)C2O)C(=O)C1. The lowest BCUT2D eigenvalue weighted by molar-refractivity contribution is -0.151. The highest BCUT2D eigenvalue weighted by Crippen LogP contribution is 2.44. The number of nitrogens with zero attached hydrogens (tertiary/aromatic N) is 2. The van der Waals surface area contributed by atoms with Gasteiger partial charge in [0, 0.05) is 24.7 Å². The van der Waals surface area contributed by atoms with Crippen LogP contribution in [0.5, 0.6) is 5.75 Å². The van der Waals surface area contributed by atoms with Gasteiger partial charge in [-0.3, -0.25) is 9.69 Å². The molecule has 1 N–H and O–H groups in total. The van der Waals surface area contributed by atoms with Gasteiger partial charge in [-0.25, -0.2) is 8.42 Å². The lowest BCUT2D eigenvalue weighted by Gasteiger charge is -2.48. The zero-order valence-corrected chi connectivity index (χ0v) is 17.6. The fraction of sp³-hybridized carbons (Fsp3) is 0.632. The van der Waals surface area contributed by atoms with Gasteiger partial charge in [0.2, 0.25) is 15.7 Å². The molecule has 0 aromatic heterocycles. The monoisotopic (exact) mass is 432 g/mol. The van der Waals surface area contributed by atoms with Gasteiger partial charge in [-0.05, 0) is 45.9 Å². The summed E-state index contributed by atoms with van der Waals surface area (Å²) in [6.07, 6.45) is -1.17. The van der Waals surface area contributed by atoms with Crippen molar-refractivity contribution in [1.29, 1.82) is 0 Å². The zero-order chi connectivity index (χ0) is 21.7. The quantitative estimate of drug-likeness (QED) is 0.781. The molecular formula is C19H26F2N2O5S. The number of piperazine rings is 1. The molecule has 7 nitrogen and oxygen atoms in total. The summed E-state index contributed by atoms with van der Waals surface area (Å²) < 4.78 is 55.7. The molecule has 162 valence electrons. The van der Waals surface area contributed by atoms with Crippen LogP contribution in [0.1, 0.15) is 39.3 Å². The molecule has 0 spiro atoms. The van der Waals surface area contributed by atoms with Crippen LogP contribution in [0.25, 0.3) is 0 Å². The first-order valence-corrected chi connectivity index (χ1v) is 11.0. The Balaban J connectivity index is 2.07. The van der Waals surface area contributed by atoms with Crippen molar-refractivity contribution in [3.8, 4) is 5.75 Å². The van der Waals surface area contributed by atoms with E-state index in [9.17, 15) is 27.1 Å². The van der Waals surface area contributed by atoms with E-state index in [0.29, 0.717) is 13.1 Å². The average molecular weight is 432 g/mol. The first-order chi connectivity index (χ1) is 13.4. The molecule has 1 aromatic carbocycles. The van der Waals surface area contributed by atoms with Crippen molar-refractivity contribution in [3.63, 3.8) is 0 Å². The molecule has 0 bridgehead atoms. The summed E-state index contributed by atoms with van der Waals surface area (Å²) >= 11 is 0. The number of fused-ring (bicyclic) bond motifs is 1. The van der Waals surface area contributed by atoms with Gasteiger partial charge < -0.3 is 14.7 Å². The molecule has 2 unspecified atom stereocenters. The number of carbonyl (C=O) groups is 1. The molecular weight excluding hydrogens is 406 g/mol. The fourth-order valence-electron chi connectivity index (χ4n) is 3.80. The minimum Gasteiger partial charge on any atom is -0.485 e. The Morgan fingerprint density at radius 1 is 1.24 bits per heavy atom. The molecule has 0 radical (unpaired) electrons. The highest BCUT2D eigenvalue weighted by molar-refractivity contribution is 7.91. The molecule has 2 aliphatic rings. The molecule has 10 heteroatoms. The van der Waals surface area contributed by atoms with E-state index >= 15 is 0 Å². The van der Waals surface area contributed by atoms with Crippen molar-refractivity contribution >= 4 is 15.7 Å². The normalized spacial score (nSPS) is 25.3.